The molecule has 108 valence electrons. The van der Waals surface area contributed by atoms with Crippen molar-refractivity contribution in [3.63, 3.8) is 0 Å². The van der Waals surface area contributed by atoms with E-state index in [4.69, 9.17) is 5.73 Å². The van der Waals surface area contributed by atoms with Crippen LogP contribution in [0.5, 0.6) is 0 Å². The Morgan fingerprint density at radius 2 is 2.00 bits per heavy atom. The quantitative estimate of drug-likeness (QED) is 0.930. The van der Waals surface area contributed by atoms with Crippen molar-refractivity contribution >= 4 is 16.8 Å². The zero-order valence-electron chi connectivity index (χ0n) is 12.7. The molecule has 0 spiro atoms. The average molecular weight is 273 g/mol. The summed E-state index contributed by atoms with van der Waals surface area (Å²) in [5.74, 6) is 0.947. The van der Waals surface area contributed by atoms with Gasteiger partial charge in [-0.15, -0.1) is 0 Å². The molecule has 2 aromatic rings. The van der Waals surface area contributed by atoms with Crippen LogP contribution in [0.1, 0.15) is 33.0 Å². The number of nitrogens with zero attached hydrogens (tertiary/aromatic N) is 2. The number of rotatable bonds is 4. The number of carbonyl (C=O) groups is 1. The first-order valence-corrected chi connectivity index (χ1v) is 6.96. The predicted molar refractivity (Wildman–Crippen MR) is 81.5 cm³/mol. The van der Waals surface area contributed by atoms with Crippen LogP contribution >= 0.6 is 0 Å². The van der Waals surface area contributed by atoms with Crippen LogP contribution < -0.4 is 5.73 Å². The summed E-state index contributed by atoms with van der Waals surface area (Å²) in [7, 11) is 1.95. The Labute approximate surface area is 120 Å². The van der Waals surface area contributed by atoms with Crippen molar-refractivity contribution in [2.24, 2.45) is 18.2 Å². The Morgan fingerprint density at radius 3 is 2.60 bits per heavy atom. The van der Waals surface area contributed by atoms with Crippen molar-refractivity contribution in [1.29, 1.82) is 0 Å². The average Bonchev–Trinajstić information content (AvgIpc) is 2.65. The van der Waals surface area contributed by atoms with Gasteiger partial charge in [0.1, 0.15) is 11.6 Å². The number of hydrogen-bond acceptors (Lipinski definition) is 3. The highest BCUT2D eigenvalue weighted by molar-refractivity contribution is 5.83. The highest BCUT2D eigenvalue weighted by Crippen LogP contribution is 2.21. The van der Waals surface area contributed by atoms with Crippen LogP contribution in [-0.4, -0.2) is 21.4 Å². The van der Waals surface area contributed by atoms with Gasteiger partial charge in [-0.25, -0.2) is 4.98 Å². The van der Waals surface area contributed by atoms with Gasteiger partial charge in [-0.1, -0.05) is 32.9 Å². The molecule has 4 nitrogen and oxygen atoms in total. The monoisotopic (exact) mass is 273 g/mol. The number of ketones is 1. The first-order chi connectivity index (χ1) is 9.29. The van der Waals surface area contributed by atoms with Crippen LogP contribution in [0.2, 0.25) is 0 Å². The summed E-state index contributed by atoms with van der Waals surface area (Å²) in [6, 6.07) is 7.79. The van der Waals surface area contributed by atoms with Crippen molar-refractivity contribution in [1.82, 2.24) is 9.55 Å². The summed E-state index contributed by atoms with van der Waals surface area (Å²) < 4.78 is 1.98. The molecule has 0 fully saturated rings. The lowest BCUT2D eigenvalue weighted by molar-refractivity contribution is -0.119. The topological polar surface area (TPSA) is 60.9 Å². The van der Waals surface area contributed by atoms with Gasteiger partial charge in [0.15, 0.2) is 0 Å². The third-order valence-corrected chi connectivity index (χ3v) is 3.80. The van der Waals surface area contributed by atoms with E-state index in [1.165, 1.54) is 0 Å². The Bertz CT molecular complexity index is 622. The van der Waals surface area contributed by atoms with Gasteiger partial charge in [0.2, 0.25) is 0 Å². The minimum atomic E-state index is -0.121. The van der Waals surface area contributed by atoms with Gasteiger partial charge in [-0.05, 0) is 17.5 Å². The fraction of sp³-hybridized carbons (Fsp3) is 0.500. The number of benzene rings is 1. The van der Waals surface area contributed by atoms with Gasteiger partial charge in [0, 0.05) is 19.5 Å². The molecule has 0 amide bonds. The van der Waals surface area contributed by atoms with Crippen LogP contribution in [0.25, 0.3) is 11.0 Å². The van der Waals surface area contributed by atoms with E-state index in [0.717, 1.165) is 16.9 Å². The Kier molecular flexibility index (Phi) is 3.95. The summed E-state index contributed by atoms with van der Waals surface area (Å²) in [6.07, 6.45) is 0.738. The second-order valence-electron chi connectivity index (χ2n) is 6.47. The maximum Gasteiger partial charge on any atom is 0.141 e. The highest BCUT2D eigenvalue weighted by atomic mass is 16.1. The number of nitrogens with two attached hydrogens (primary N) is 1. The van der Waals surface area contributed by atoms with Gasteiger partial charge < -0.3 is 10.3 Å². The van der Waals surface area contributed by atoms with E-state index >= 15 is 0 Å². The molecule has 2 rings (SSSR count). The molecule has 1 aromatic heterocycles. The third kappa shape index (κ3) is 3.07. The lowest BCUT2D eigenvalue weighted by Gasteiger charge is -2.26. The summed E-state index contributed by atoms with van der Waals surface area (Å²) in [5.41, 5.74) is 8.00. The van der Waals surface area contributed by atoms with Crippen molar-refractivity contribution < 1.29 is 4.79 Å². The van der Waals surface area contributed by atoms with E-state index < -0.39 is 0 Å². The molecule has 0 aliphatic carbocycles. The maximum atomic E-state index is 12.2. The van der Waals surface area contributed by atoms with Crippen LogP contribution in [0.15, 0.2) is 24.3 Å². The normalized spacial score (nSPS) is 13.7. The third-order valence-electron chi connectivity index (χ3n) is 3.80. The fourth-order valence-corrected chi connectivity index (χ4v) is 2.15. The largest absolute Gasteiger partial charge is 0.331 e. The van der Waals surface area contributed by atoms with Crippen LogP contribution in [0.3, 0.4) is 0 Å². The van der Waals surface area contributed by atoms with Crippen molar-refractivity contribution in [3.8, 4) is 0 Å². The van der Waals surface area contributed by atoms with E-state index in [2.05, 4.69) is 25.8 Å². The first kappa shape index (κ1) is 14.7. The maximum absolute atomic E-state index is 12.2. The van der Waals surface area contributed by atoms with Gasteiger partial charge >= 0.3 is 0 Å². The molecule has 20 heavy (non-hydrogen) atoms. The molecule has 2 N–H and O–H groups in total. The highest BCUT2D eigenvalue weighted by Gasteiger charge is 2.23. The summed E-state index contributed by atoms with van der Waals surface area (Å²) in [5, 5.41) is 0. The van der Waals surface area contributed by atoms with Gasteiger partial charge in [-0.2, -0.15) is 0 Å². The number of aromatic nitrogens is 2. The standard InChI is InChI=1S/C16H23N3O/c1-16(2,3)14(17)9-11(20)10-15-18-12-7-5-6-8-13(12)19(15)4/h5-8,14H,9-10,17H2,1-4H3. The minimum Gasteiger partial charge on any atom is -0.331 e. The number of imidazole rings is 1. The van der Waals surface area contributed by atoms with Crippen molar-refractivity contribution in [2.75, 3.05) is 0 Å². The number of carbonyl (C=O) groups excluding carboxylic acids is 1. The molecular weight excluding hydrogens is 250 g/mol. The smallest absolute Gasteiger partial charge is 0.141 e. The van der Waals surface area contributed by atoms with E-state index in [1.807, 2.05) is 35.9 Å². The molecule has 0 saturated carbocycles. The van der Waals surface area contributed by atoms with Gasteiger partial charge in [0.25, 0.3) is 0 Å². The van der Waals surface area contributed by atoms with Gasteiger partial charge in [-0.3, -0.25) is 4.79 Å². The lowest BCUT2D eigenvalue weighted by Crippen LogP contribution is -2.37. The second-order valence-corrected chi connectivity index (χ2v) is 6.47. The Hall–Kier alpha value is -1.68. The van der Waals surface area contributed by atoms with Crippen LogP contribution in [0.4, 0.5) is 0 Å². The van der Waals surface area contributed by atoms with Crippen LogP contribution in [0, 0.1) is 5.41 Å². The van der Waals surface area contributed by atoms with E-state index in [1.54, 1.807) is 0 Å². The number of para-hydroxylation sites is 2. The molecule has 1 unspecified atom stereocenters. The molecule has 4 heteroatoms. The minimum absolute atomic E-state index is 0.0536. The van der Waals surface area contributed by atoms with E-state index in [9.17, 15) is 4.79 Å². The molecule has 1 heterocycles. The van der Waals surface area contributed by atoms with Crippen molar-refractivity contribution in [3.05, 3.63) is 30.1 Å². The Morgan fingerprint density at radius 1 is 1.35 bits per heavy atom. The predicted octanol–water partition coefficient (Wildman–Crippen LogP) is 2.45. The first-order valence-electron chi connectivity index (χ1n) is 6.96. The second kappa shape index (κ2) is 5.37. The Balaban J connectivity index is 2.12. The fourth-order valence-electron chi connectivity index (χ4n) is 2.15. The molecular formula is C16H23N3O. The molecule has 0 aliphatic heterocycles. The molecule has 0 saturated heterocycles. The zero-order valence-corrected chi connectivity index (χ0v) is 12.7. The molecule has 1 aromatic carbocycles. The van der Waals surface area contributed by atoms with E-state index in [-0.39, 0.29) is 17.2 Å². The van der Waals surface area contributed by atoms with Crippen molar-refractivity contribution in [2.45, 2.75) is 39.7 Å². The van der Waals surface area contributed by atoms with Crippen LogP contribution in [-0.2, 0) is 18.3 Å². The SMILES string of the molecule is Cn1c(CC(=O)CC(N)C(C)(C)C)nc2ccccc21. The summed E-state index contributed by atoms with van der Waals surface area (Å²) in [4.78, 5) is 16.7. The number of aryl methyl sites for hydroxylation is 1. The van der Waals surface area contributed by atoms with Gasteiger partial charge in [0.05, 0.1) is 17.5 Å². The molecule has 0 radical (unpaired) electrons. The number of fused-ring (bicyclic) bond motifs is 1. The summed E-state index contributed by atoms with van der Waals surface area (Å²) >= 11 is 0. The molecule has 0 aliphatic rings. The number of hydrogen-bond donors (Lipinski definition) is 1. The molecule has 0 bridgehead atoms. The zero-order chi connectivity index (χ0) is 14.9. The molecule has 1 atom stereocenters. The summed E-state index contributed by atoms with van der Waals surface area (Å²) in [6.45, 7) is 6.17. The lowest BCUT2D eigenvalue weighted by atomic mass is 9.84. The van der Waals surface area contributed by atoms with E-state index in [0.29, 0.717) is 12.8 Å². The number of Topliss-reactive ketones (excluding diaryl/α,β-unsaturated/α-hetero) is 1.